The number of hydrogen-bond donors (Lipinski definition) is 1. The molecule has 3 aromatic carbocycles. The standard InChI is InChI=1S/C29H32N6O2.C6H13NO/c1-6-29(3,4)28(36)37-18-17-35(5)26-14-11-24(12-15-26)32-34-27-16-13-25(19-21(27)2)33-31-23-9-7-22(20-30)8-10-23;1-4-6(2,3)5(7)8/h7-16,19H,6,17-18H2,1-5H3;4H2,1-3H3,(H2,7,8). The van der Waals surface area contributed by atoms with Crippen molar-refractivity contribution in [1.82, 2.24) is 0 Å². The van der Waals surface area contributed by atoms with Crippen molar-refractivity contribution in [2.24, 2.45) is 37.0 Å². The van der Waals surface area contributed by atoms with Gasteiger partial charge in [-0.2, -0.15) is 25.7 Å². The Kier molecular flexibility index (Phi) is 13.6. The van der Waals surface area contributed by atoms with Gasteiger partial charge in [0.05, 0.1) is 46.3 Å². The highest BCUT2D eigenvalue weighted by Gasteiger charge is 2.27. The Morgan fingerprint density at radius 2 is 1.33 bits per heavy atom. The summed E-state index contributed by atoms with van der Waals surface area (Å²) in [6.45, 7) is 14.3. The number of nitrogens with two attached hydrogens (primary N) is 1. The van der Waals surface area contributed by atoms with Gasteiger partial charge in [-0.05, 0) is 106 Å². The van der Waals surface area contributed by atoms with E-state index < -0.39 is 5.41 Å². The molecule has 3 aromatic rings. The number of nitriles is 1. The van der Waals surface area contributed by atoms with E-state index in [0.717, 1.165) is 35.5 Å². The number of carbonyl (C=O) groups is 2. The lowest BCUT2D eigenvalue weighted by Gasteiger charge is -2.23. The Balaban J connectivity index is 0.000000777. The van der Waals surface area contributed by atoms with Crippen LogP contribution < -0.4 is 10.6 Å². The largest absolute Gasteiger partial charge is 0.463 e. The minimum absolute atomic E-state index is 0.170. The number of aryl methyl sites for hydroxylation is 1. The van der Waals surface area contributed by atoms with E-state index in [-0.39, 0.29) is 17.3 Å². The number of primary amides is 1. The van der Waals surface area contributed by atoms with Gasteiger partial charge >= 0.3 is 5.97 Å². The van der Waals surface area contributed by atoms with Crippen LogP contribution in [0.3, 0.4) is 0 Å². The Hall–Kier alpha value is -4.91. The molecule has 0 aliphatic heterocycles. The maximum absolute atomic E-state index is 12.1. The summed E-state index contributed by atoms with van der Waals surface area (Å²) in [4.78, 5) is 24.6. The van der Waals surface area contributed by atoms with Crippen molar-refractivity contribution < 1.29 is 14.3 Å². The van der Waals surface area contributed by atoms with Crippen molar-refractivity contribution in [3.8, 4) is 6.07 Å². The molecule has 0 atom stereocenters. The fourth-order valence-corrected chi connectivity index (χ4v) is 3.34. The monoisotopic (exact) mass is 611 g/mol. The van der Waals surface area contributed by atoms with Crippen molar-refractivity contribution in [1.29, 1.82) is 5.26 Å². The molecule has 3 rings (SSSR count). The number of rotatable bonds is 12. The van der Waals surface area contributed by atoms with Gasteiger partial charge in [0, 0.05) is 18.2 Å². The molecule has 0 aliphatic carbocycles. The van der Waals surface area contributed by atoms with Crippen molar-refractivity contribution >= 4 is 40.3 Å². The van der Waals surface area contributed by atoms with Crippen molar-refractivity contribution in [3.05, 3.63) is 77.9 Å². The summed E-state index contributed by atoms with van der Waals surface area (Å²) in [5, 5.41) is 26.1. The van der Waals surface area contributed by atoms with Gasteiger partial charge in [-0.15, -0.1) is 0 Å². The molecule has 0 spiro atoms. The zero-order valence-corrected chi connectivity index (χ0v) is 27.7. The topological polar surface area (TPSA) is 146 Å². The van der Waals surface area contributed by atoms with E-state index >= 15 is 0 Å². The van der Waals surface area contributed by atoms with E-state index in [9.17, 15) is 9.59 Å². The molecule has 238 valence electrons. The number of nitrogens with zero attached hydrogens (tertiary/aromatic N) is 6. The lowest BCUT2D eigenvalue weighted by molar-refractivity contribution is -0.153. The van der Waals surface area contributed by atoms with Crippen LogP contribution in [0.1, 0.15) is 65.5 Å². The molecule has 0 bridgehead atoms. The van der Waals surface area contributed by atoms with Crippen LogP contribution in [0.5, 0.6) is 0 Å². The van der Waals surface area contributed by atoms with Crippen LogP contribution in [-0.2, 0) is 14.3 Å². The number of anilines is 1. The molecule has 10 nitrogen and oxygen atoms in total. The lowest BCUT2D eigenvalue weighted by Crippen LogP contribution is -2.30. The number of ether oxygens (including phenoxy) is 1. The third-order valence-corrected chi connectivity index (χ3v) is 7.67. The molecule has 45 heavy (non-hydrogen) atoms. The van der Waals surface area contributed by atoms with E-state index in [4.69, 9.17) is 15.7 Å². The van der Waals surface area contributed by atoms with Gasteiger partial charge in [0.25, 0.3) is 0 Å². The third-order valence-electron chi connectivity index (χ3n) is 7.67. The number of benzene rings is 3. The summed E-state index contributed by atoms with van der Waals surface area (Å²) in [5.41, 5.74) is 9.64. The Labute approximate surface area is 267 Å². The molecule has 10 heteroatoms. The molecule has 0 aromatic heterocycles. The van der Waals surface area contributed by atoms with Crippen molar-refractivity contribution in [2.75, 3.05) is 25.1 Å². The van der Waals surface area contributed by atoms with E-state index in [1.807, 2.05) is 103 Å². The number of likely N-dealkylation sites (N-methyl/N-ethyl adjacent to an activating group) is 1. The highest BCUT2D eigenvalue weighted by molar-refractivity contribution is 5.79. The van der Waals surface area contributed by atoms with Crippen LogP contribution >= 0.6 is 0 Å². The summed E-state index contributed by atoms with van der Waals surface area (Å²) < 4.78 is 5.43. The zero-order valence-electron chi connectivity index (χ0n) is 27.7. The highest BCUT2D eigenvalue weighted by Crippen LogP contribution is 2.28. The Morgan fingerprint density at radius 1 is 0.822 bits per heavy atom. The summed E-state index contributed by atoms with van der Waals surface area (Å²) >= 11 is 0. The van der Waals surface area contributed by atoms with Gasteiger partial charge in [-0.1, -0.05) is 27.7 Å². The first-order valence-electron chi connectivity index (χ1n) is 14.9. The van der Waals surface area contributed by atoms with Crippen LogP contribution in [0.2, 0.25) is 0 Å². The van der Waals surface area contributed by atoms with Crippen molar-refractivity contribution in [2.45, 2.75) is 61.3 Å². The van der Waals surface area contributed by atoms with Crippen LogP contribution in [-0.4, -0.2) is 32.1 Å². The van der Waals surface area contributed by atoms with Crippen LogP contribution in [0.15, 0.2) is 87.2 Å². The summed E-state index contributed by atoms with van der Waals surface area (Å²) in [7, 11) is 1.96. The van der Waals surface area contributed by atoms with Gasteiger partial charge < -0.3 is 15.4 Å². The second kappa shape index (κ2) is 16.8. The summed E-state index contributed by atoms with van der Waals surface area (Å²) in [6.07, 6.45) is 1.55. The number of azo groups is 2. The molecule has 0 radical (unpaired) electrons. The van der Waals surface area contributed by atoms with Gasteiger partial charge in [-0.3, -0.25) is 9.59 Å². The first kappa shape index (κ1) is 36.3. The number of carbonyl (C=O) groups excluding carboxylic acids is 2. The fourth-order valence-electron chi connectivity index (χ4n) is 3.34. The SMILES string of the molecule is CCC(C)(C)C(=O)OCCN(C)c1ccc(N=Nc2ccc(N=Nc3ccc(C#N)cc3)cc2C)cc1.CCC(C)(C)C(N)=O. The maximum atomic E-state index is 12.1. The lowest BCUT2D eigenvalue weighted by atomic mass is 9.90. The smallest absolute Gasteiger partial charge is 0.311 e. The molecule has 2 N–H and O–H groups in total. The molecule has 0 aliphatic rings. The van der Waals surface area contributed by atoms with E-state index in [1.54, 1.807) is 24.3 Å². The van der Waals surface area contributed by atoms with E-state index in [1.165, 1.54) is 0 Å². The molecule has 0 unspecified atom stereocenters. The molecule has 1 amide bonds. The predicted molar refractivity (Wildman–Crippen MR) is 179 cm³/mol. The second-order valence-corrected chi connectivity index (χ2v) is 11.9. The number of esters is 1. The number of amides is 1. The summed E-state index contributed by atoms with van der Waals surface area (Å²) in [5.74, 6) is -0.392. The molecule has 0 saturated carbocycles. The zero-order chi connectivity index (χ0) is 33.6. The first-order chi connectivity index (χ1) is 21.2. The number of hydrogen-bond acceptors (Lipinski definition) is 9. The van der Waals surface area contributed by atoms with Crippen LogP contribution in [0, 0.1) is 29.1 Å². The molecular formula is C35H45N7O3. The van der Waals surface area contributed by atoms with Gasteiger partial charge in [-0.25, -0.2) is 0 Å². The van der Waals surface area contributed by atoms with Crippen molar-refractivity contribution in [3.63, 3.8) is 0 Å². The maximum Gasteiger partial charge on any atom is 0.311 e. The Bertz CT molecular complexity index is 1520. The van der Waals surface area contributed by atoms with Crippen LogP contribution in [0.4, 0.5) is 28.4 Å². The van der Waals surface area contributed by atoms with Gasteiger partial charge in [0.15, 0.2) is 0 Å². The first-order valence-corrected chi connectivity index (χ1v) is 14.9. The minimum Gasteiger partial charge on any atom is -0.463 e. The molecule has 0 heterocycles. The second-order valence-electron chi connectivity index (χ2n) is 11.9. The molecular weight excluding hydrogens is 566 g/mol. The van der Waals surface area contributed by atoms with Gasteiger partial charge in [0.2, 0.25) is 5.91 Å². The third kappa shape index (κ3) is 11.6. The Morgan fingerprint density at radius 3 is 1.82 bits per heavy atom. The average molecular weight is 612 g/mol. The highest BCUT2D eigenvalue weighted by atomic mass is 16.5. The minimum atomic E-state index is -0.458. The van der Waals surface area contributed by atoms with Crippen LogP contribution in [0.25, 0.3) is 0 Å². The molecule has 0 saturated heterocycles. The van der Waals surface area contributed by atoms with E-state index in [0.29, 0.717) is 30.1 Å². The fraction of sp³-hybridized carbons (Fsp3) is 0.400. The summed E-state index contributed by atoms with van der Waals surface area (Å²) in [6, 6.07) is 22.3. The average Bonchev–Trinajstić information content (AvgIpc) is 3.03. The normalized spacial score (nSPS) is 11.5. The van der Waals surface area contributed by atoms with E-state index in [2.05, 4.69) is 26.5 Å². The van der Waals surface area contributed by atoms with Gasteiger partial charge in [0.1, 0.15) is 6.61 Å². The molecule has 0 fully saturated rings. The quantitative estimate of drug-likeness (QED) is 0.160. The predicted octanol–water partition coefficient (Wildman–Crippen LogP) is 9.02.